The van der Waals surface area contributed by atoms with Crippen molar-refractivity contribution in [2.24, 2.45) is 4.99 Å². The Morgan fingerprint density at radius 1 is 1.24 bits per heavy atom. The Labute approximate surface area is 147 Å². The van der Waals surface area contributed by atoms with E-state index in [0.29, 0.717) is 15.8 Å². The van der Waals surface area contributed by atoms with E-state index in [1.807, 2.05) is 31.2 Å². The van der Waals surface area contributed by atoms with Crippen molar-refractivity contribution in [2.45, 2.75) is 6.92 Å². The summed E-state index contributed by atoms with van der Waals surface area (Å²) in [6.07, 6.45) is 1.78. The number of carboxylic acid groups (broad SMARTS) is 1. The lowest BCUT2D eigenvalue weighted by Gasteiger charge is -2.01. The highest BCUT2D eigenvalue weighted by atomic mass is 32.2. The third-order valence-electron chi connectivity index (χ3n) is 3.43. The van der Waals surface area contributed by atoms with Crippen LogP contribution in [-0.4, -0.2) is 27.3 Å². The summed E-state index contributed by atoms with van der Waals surface area (Å²) in [5.41, 5.74) is 2.16. The average molecular weight is 354 g/mol. The van der Waals surface area contributed by atoms with Crippen LogP contribution < -0.4 is 5.32 Å². The van der Waals surface area contributed by atoms with Gasteiger partial charge in [-0.3, -0.25) is 4.79 Å². The Morgan fingerprint density at radius 3 is 2.72 bits per heavy atom. The summed E-state index contributed by atoms with van der Waals surface area (Å²) in [4.78, 5) is 27.7. The molecular formula is C18H14N2O4S. The molecule has 3 N–H and O–H groups in total. The molecule has 0 atom stereocenters. The quantitative estimate of drug-likeness (QED) is 0.735. The molecule has 0 bridgehead atoms. The zero-order chi connectivity index (χ0) is 18.0. The van der Waals surface area contributed by atoms with E-state index in [2.05, 4.69) is 10.3 Å². The molecule has 0 aliphatic carbocycles. The van der Waals surface area contributed by atoms with Crippen LogP contribution in [0.2, 0.25) is 0 Å². The van der Waals surface area contributed by atoms with Gasteiger partial charge in [-0.05, 0) is 42.5 Å². The number of aliphatic imine (C=N–C) groups is 1. The summed E-state index contributed by atoms with van der Waals surface area (Å²) in [5.74, 6) is -1.85. The summed E-state index contributed by atoms with van der Waals surface area (Å²) in [6, 6.07) is 11.7. The molecule has 0 spiro atoms. The van der Waals surface area contributed by atoms with Gasteiger partial charge in [-0.25, -0.2) is 9.79 Å². The Balaban J connectivity index is 1.83. The second kappa shape index (κ2) is 6.82. The second-order valence-corrected chi connectivity index (χ2v) is 6.43. The molecule has 2 aromatic carbocycles. The van der Waals surface area contributed by atoms with Crippen molar-refractivity contribution in [3.8, 4) is 5.75 Å². The van der Waals surface area contributed by atoms with Crippen molar-refractivity contribution in [1.82, 2.24) is 5.32 Å². The fraction of sp³-hybridized carbons (Fsp3) is 0.0556. The molecule has 0 unspecified atom stereocenters. The molecule has 2 aromatic rings. The van der Waals surface area contributed by atoms with Gasteiger partial charge >= 0.3 is 5.97 Å². The van der Waals surface area contributed by atoms with Crippen LogP contribution in [-0.2, 0) is 4.79 Å². The average Bonchev–Trinajstić information content (AvgIpc) is 2.86. The molecule has 1 amide bonds. The Kier molecular flexibility index (Phi) is 4.58. The first-order valence-corrected chi connectivity index (χ1v) is 8.16. The topological polar surface area (TPSA) is 99.0 Å². The van der Waals surface area contributed by atoms with Gasteiger partial charge in [-0.1, -0.05) is 29.8 Å². The first-order valence-electron chi connectivity index (χ1n) is 7.35. The van der Waals surface area contributed by atoms with E-state index in [1.165, 1.54) is 30.0 Å². The minimum absolute atomic E-state index is 0.202. The number of thioether (sulfide) groups is 1. The molecule has 1 saturated heterocycles. The highest BCUT2D eigenvalue weighted by Crippen LogP contribution is 2.30. The summed E-state index contributed by atoms with van der Waals surface area (Å²) in [7, 11) is 0. The van der Waals surface area contributed by atoms with Gasteiger partial charge in [-0.2, -0.15) is 0 Å². The Hall–Kier alpha value is -3.06. The molecule has 1 fully saturated rings. The molecule has 3 rings (SSSR count). The highest BCUT2D eigenvalue weighted by Gasteiger charge is 2.24. The Bertz CT molecular complexity index is 934. The van der Waals surface area contributed by atoms with Crippen LogP contribution in [0.25, 0.3) is 6.08 Å². The summed E-state index contributed by atoms with van der Waals surface area (Å²) in [6.45, 7) is 1.98. The number of amides is 1. The van der Waals surface area contributed by atoms with Gasteiger partial charge in [0.25, 0.3) is 5.91 Å². The summed E-state index contributed by atoms with van der Waals surface area (Å²) >= 11 is 1.18. The van der Waals surface area contributed by atoms with Crippen LogP contribution in [0.1, 0.15) is 21.5 Å². The Morgan fingerprint density at radius 2 is 2.04 bits per heavy atom. The molecule has 0 radical (unpaired) electrons. The van der Waals surface area contributed by atoms with Gasteiger partial charge in [0.2, 0.25) is 0 Å². The number of carboxylic acids is 1. The zero-order valence-corrected chi connectivity index (χ0v) is 14.0. The third-order valence-corrected chi connectivity index (χ3v) is 4.34. The number of aromatic hydroxyl groups is 1. The van der Waals surface area contributed by atoms with Crippen molar-refractivity contribution < 1.29 is 19.8 Å². The van der Waals surface area contributed by atoms with Crippen molar-refractivity contribution in [1.29, 1.82) is 0 Å². The highest BCUT2D eigenvalue weighted by molar-refractivity contribution is 8.18. The molecule has 25 heavy (non-hydrogen) atoms. The zero-order valence-electron chi connectivity index (χ0n) is 13.2. The molecule has 1 heterocycles. The minimum atomic E-state index is -1.22. The van der Waals surface area contributed by atoms with Crippen LogP contribution in [0.4, 0.5) is 5.69 Å². The van der Waals surface area contributed by atoms with Gasteiger partial charge in [0.05, 0.1) is 10.6 Å². The van der Waals surface area contributed by atoms with Gasteiger partial charge in [0.1, 0.15) is 11.3 Å². The maximum absolute atomic E-state index is 12.1. The predicted molar refractivity (Wildman–Crippen MR) is 97.1 cm³/mol. The van der Waals surface area contributed by atoms with Crippen molar-refractivity contribution in [2.75, 3.05) is 0 Å². The number of amidine groups is 1. The third kappa shape index (κ3) is 3.89. The minimum Gasteiger partial charge on any atom is -0.507 e. The fourth-order valence-electron chi connectivity index (χ4n) is 2.28. The lowest BCUT2D eigenvalue weighted by Crippen LogP contribution is -2.19. The van der Waals surface area contributed by atoms with Gasteiger partial charge in [0, 0.05) is 6.07 Å². The number of aryl methyl sites for hydroxylation is 1. The molecule has 1 aliphatic rings. The number of hydrogen-bond donors (Lipinski definition) is 3. The molecule has 0 saturated carbocycles. The largest absolute Gasteiger partial charge is 0.507 e. The molecule has 6 nitrogen and oxygen atoms in total. The first-order chi connectivity index (χ1) is 11.9. The molecule has 0 aromatic heterocycles. The van der Waals surface area contributed by atoms with E-state index in [1.54, 1.807) is 6.08 Å². The van der Waals surface area contributed by atoms with Crippen LogP contribution in [0.3, 0.4) is 0 Å². The molecule has 7 heteroatoms. The fourth-order valence-corrected chi connectivity index (χ4v) is 3.12. The standard InChI is InChI=1S/C18H14N2O4S/c1-10-3-2-4-11(7-10)8-15-16(22)20-18(25-15)19-12-5-6-13(17(23)24)14(21)9-12/h2-9,21H,1H3,(H,23,24)(H,19,20,22)/b15-8-. The van der Waals surface area contributed by atoms with Crippen molar-refractivity contribution >= 4 is 40.6 Å². The van der Waals surface area contributed by atoms with Gasteiger partial charge < -0.3 is 15.5 Å². The number of carbonyl (C=O) groups excluding carboxylic acids is 1. The van der Waals surface area contributed by atoms with Crippen LogP contribution in [0.5, 0.6) is 5.75 Å². The number of rotatable bonds is 3. The molecule has 1 aliphatic heterocycles. The monoisotopic (exact) mass is 354 g/mol. The maximum Gasteiger partial charge on any atom is 0.339 e. The maximum atomic E-state index is 12.1. The lowest BCUT2D eigenvalue weighted by atomic mass is 10.1. The second-order valence-electron chi connectivity index (χ2n) is 5.40. The molecule has 126 valence electrons. The normalized spacial score (nSPS) is 17.1. The first kappa shape index (κ1) is 16.8. The smallest absolute Gasteiger partial charge is 0.339 e. The van der Waals surface area contributed by atoms with Crippen LogP contribution >= 0.6 is 11.8 Å². The predicted octanol–water partition coefficient (Wildman–Crippen LogP) is 3.29. The van der Waals surface area contributed by atoms with E-state index in [0.717, 1.165) is 11.1 Å². The van der Waals surface area contributed by atoms with E-state index in [-0.39, 0.29) is 17.2 Å². The lowest BCUT2D eigenvalue weighted by molar-refractivity contribution is -0.115. The van der Waals surface area contributed by atoms with E-state index in [4.69, 9.17) is 5.11 Å². The number of benzene rings is 2. The van der Waals surface area contributed by atoms with Gasteiger partial charge in [-0.15, -0.1) is 0 Å². The number of phenols is 1. The number of nitrogens with zero attached hydrogens (tertiary/aromatic N) is 1. The SMILES string of the molecule is Cc1cccc(/C=C2\SC(=Nc3ccc(C(=O)O)c(O)c3)NC2=O)c1. The summed E-state index contributed by atoms with van der Waals surface area (Å²) < 4.78 is 0. The van der Waals surface area contributed by atoms with E-state index < -0.39 is 5.97 Å². The summed E-state index contributed by atoms with van der Waals surface area (Å²) in [5, 5.41) is 21.6. The van der Waals surface area contributed by atoms with E-state index >= 15 is 0 Å². The molecular weight excluding hydrogens is 340 g/mol. The number of nitrogens with one attached hydrogen (secondary N) is 1. The number of aromatic carboxylic acids is 1. The van der Waals surface area contributed by atoms with E-state index in [9.17, 15) is 14.7 Å². The van der Waals surface area contributed by atoms with Gasteiger partial charge in [0.15, 0.2) is 5.17 Å². The number of hydrogen-bond acceptors (Lipinski definition) is 5. The van der Waals surface area contributed by atoms with Crippen LogP contribution in [0.15, 0.2) is 52.4 Å². The number of carbonyl (C=O) groups is 2. The van der Waals surface area contributed by atoms with Crippen LogP contribution in [0, 0.1) is 6.92 Å². The van der Waals surface area contributed by atoms with Crippen molar-refractivity contribution in [3.63, 3.8) is 0 Å². The van der Waals surface area contributed by atoms with Crippen molar-refractivity contribution in [3.05, 3.63) is 64.1 Å².